The first-order valence-electron chi connectivity index (χ1n) is 8.59. The van der Waals surface area contributed by atoms with Crippen LogP contribution in [0, 0.1) is 0 Å². The average Bonchev–Trinajstić information content (AvgIpc) is 3.43. The summed E-state index contributed by atoms with van der Waals surface area (Å²) < 4.78 is 5.55. The van der Waals surface area contributed by atoms with Gasteiger partial charge in [0.05, 0.1) is 12.6 Å². The van der Waals surface area contributed by atoms with E-state index >= 15 is 0 Å². The molecule has 0 fully saturated rings. The molecule has 0 N–H and O–H groups in total. The molecule has 5 rings (SSSR count). The second kappa shape index (κ2) is 6.79. The minimum Gasteiger partial charge on any atom is -0.338 e. The van der Waals surface area contributed by atoms with E-state index in [9.17, 15) is 0 Å². The molecule has 3 aromatic heterocycles. The van der Waals surface area contributed by atoms with Gasteiger partial charge in [-0.3, -0.25) is 4.90 Å². The van der Waals surface area contributed by atoms with Gasteiger partial charge >= 0.3 is 0 Å². The van der Waals surface area contributed by atoms with Crippen molar-refractivity contribution in [2.45, 2.75) is 19.0 Å². The number of aromatic nitrogens is 2. The van der Waals surface area contributed by atoms with Crippen molar-refractivity contribution in [3.8, 4) is 11.4 Å². The van der Waals surface area contributed by atoms with Crippen molar-refractivity contribution in [1.29, 1.82) is 0 Å². The highest BCUT2D eigenvalue weighted by Gasteiger charge is 2.30. The van der Waals surface area contributed by atoms with Crippen molar-refractivity contribution in [3.63, 3.8) is 0 Å². The summed E-state index contributed by atoms with van der Waals surface area (Å²) in [5, 5.41) is 10.4. The molecular formula is C20H17N3OS2. The molecule has 0 radical (unpaired) electrons. The van der Waals surface area contributed by atoms with E-state index in [0.717, 1.165) is 18.5 Å². The zero-order valence-electron chi connectivity index (χ0n) is 14.0. The fourth-order valence-corrected chi connectivity index (χ4v) is 5.10. The molecule has 1 aromatic carbocycles. The van der Waals surface area contributed by atoms with E-state index < -0.39 is 0 Å². The van der Waals surface area contributed by atoms with Crippen LogP contribution in [0.15, 0.2) is 63.1 Å². The fraction of sp³-hybridized carbons (Fsp3) is 0.200. The summed E-state index contributed by atoms with van der Waals surface area (Å²) in [4.78, 5) is 8.53. The first-order valence-corrected chi connectivity index (χ1v) is 10.4. The second-order valence-corrected chi connectivity index (χ2v) is 8.14. The normalized spacial score (nSPS) is 17.3. The molecule has 1 aliphatic rings. The van der Waals surface area contributed by atoms with Gasteiger partial charge in [-0.25, -0.2) is 0 Å². The third-order valence-electron chi connectivity index (χ3n) is 4.77. The smallest absolute Gasteiger partial charge is 0.241 e. The number of hydrogen-bond donors (Lipinski definition) is 0. The molecule has 4 nitrogen and oxygen atoms in total. The van der Waals surface area contributed by atoms with Crippen LogP contribution >= 0.6 is 22.7 Å². The summed E-state index contributed by atoms with van der Waals surface area (Å²) in [5.74, 6) is 1.34. The van der Waals surface area contributed by atoms with E-state index in [-0.39, 0.29) is 6.04 Å². The minimum atomic E-state index is 0.239. The lowest BCUT2D eigenvalue weighted by Crippen LogP contribution is -2.35. The Bertz CT molecular complexity index is 991. The fourth-order valence-electron chi connectivity index (χ4n) is 3.57. The van der Waals surface area contributed by atoms with E-state index in [0.29, 0.717) is 18.3 Å². The Balaban J connectivity index is 1.46. The van der Waals surface area contributed by atoms with Crippen LogP contribution in [0.5, 0.6) is 0 Å². The SMILES string of the molecule is c1ccc([C@@H]2c3ccsc3CCN2Cc2nc(-c3ccsc3)no2)cc1. The number of thiophene rings is 2. The Hall–Kier alpha value is -2.28. The second-order valence-electron chi connectivity index (χ2n) is 6.36. The van der Waals surface area contributed by atoms with E-state index in [4.69, 9.17) is 4.52 Å². The Morgan fingerprint density at radius 1 is 1.12 bits per heavy atom. The van der Waals surface area contributed by atoms with Crippen LogP contribution in [-0.4, -0.2) is 21.6 Å². The Morgan fingerprint density at radius 3 is 2.88 bits per heavy atom. The molecule has 0 unspecified atom stereocenters. The maximum atomic E-state index is 5.55. The zero-order chi connectivity index (χ0) is 17.3. The van der Waals surface area contributed by atoms with Crippen molar-refractivity contribution in [1.82, 2.24) is 15.0 Å². The third-order valence-corrected chi connectivity index (χ3v) is 6.45. The highest BCUT2D eigenvalue weighted by Crippen LogP contribution is 2.38. The third kappa shape index (κ3) is 2.90. The summed E-state index contributed by atoms with van der Waals surface area (Å²) in [6.45, 7) is 1.65. The van der Waals surface area contributed by atoms with Crippen LogP contribution in [0.25, 0.3) is 11.4 Å². The summed E-state index contributed by atoms with van der Waals surface area (Å²) in [5.41, 5.74) is 3.73. The predicted molar refractivity (Wildman–Crippen MR) is 104 cm³/mol. The lowest BCUT2D eigenvalue weighted by molar-refractivity contribution is 0.179. The number of benzene rings is 1. The summed E-state index contributed by atoms with van der Waals surface area (Å²) in [7, 11) is 0. The Labute approximate surface area is 159 Å². The van der Waals surface area contributed by atoms with Gasteiger partial charge in [0, 0.05) is 22.4 Å². The molecule has 0 saturated carbocycles. The van der Waals surface area contributed by atoms with Crippen molar-refractivity contribution in [2.75, 3.05) is 6.54 Å². The maximum Gasteiger partial charge on any atom is 0.241 e. The lowest BCUT2D eigenvalue weighted by Gasteiger charge is -2.35. The topological polar surface area (TPSA) is 42.2 Å². The summed E-state index contributed by atoms with van der Waals surface area (Å²) in [6.07, 6.45) is 1.07. The van der Waals surface area contributed by atoms with Crippen LogP contribution in [-0.2, 0) is 13.0 Å². The van der Waals surface area contributed by atoms with Crippen molar-refractivity contribution < 1.29 is 4.52 Å². The standard InChI is InChI=1S/C20H17N3OS2/c1-2-4-14(5-3-1)19-16-8-11-26-17(16)6-9-23(19)12-18-21-20(22-24-18)15-7-10-25-13-15/h1-5,7-8,10-11,13,19H,6,9,12H2/t19-/m1/s1. The molecule has 4 aromatic rings. The van der Waals surface area contributed by atoms with E-state index in [2.05, 4.69) is 56.8 Å². The van der Waals surface area contributed by atoms with Gasteiger partial charge in [-0.05, 0) is 40.4 Å². The molecule has 0 amide bonds. The van der Waals surface area contributed by atoms with Crippen LogP contribution in [0.1, 0.15) is 27.9 Å². The molecule has 26 heavy (non-hydrogen) atoms. The largest absolute Gasteiger partial charge is 0.338 e. The van der Waals surface area contributed by atoms with Crippen LogP contribution in [0.4, 0.5) is 0 Å². The van der Waals surface area contributed by atoms with Gasteiger partial charge in [-0.1, -0.05) is 35.5 Å². The van der Waals surface area contributed by atoms with E-state index in [1.165, 1.54) is 16.0 Å². The summed E-state index contributed by atoms with van der Waals surface area (Å²) in [6, 6.07) is 15.2. The van der Waals surface area contributed by atoms with Gasteiger partial charge in [0.2, 0.25) is 11.7 Å². The van der Waals surface area contributed by atoms with Crippen molar-refractivity contribution in [3.05, 3.63) is 80.5 Å². The van der Waals surface area contributed by atoms with Crippen LogP contribution in [0.3, 0.4) is 0 Å². The predicted octanol–water partition coefficient (Wildman–Crippen LogP) is 5.01. The molecular weight excluding hydrogens is 362 g/mol. The molecule has 0 spiro atoms. The Kier molecular flexibility index (Phi) is 4.16. The molecule has 1 aliphatic heterocycles. The summed E-state index contributed by atoms with van der Waals surface area (Å²) >= 11 is 3.50. The number of rotatable bonds is 4. The van der Waals surface area contributed by atoms with Gasteiger partial charge < -0.3 is 4.52 Å². The van der Waals surface area contributed by atoms with E-state index in [1.54, 1.807) is 11.3 Å². The van der Waals surface area contributed by atoms with Gasteiger partial charge in [0.15, 0.2) is 0 Å². The van der Waals surface area contributed by atoms with Crippen molar-refractivity contribution >= 4 is 22.7 Å². The molecule has 0 aliphatic carbocycles. The lowest BCUT2D eigenvalue weighted by atomic mass is 9.93. The maximum absolute atomic E-state index is 5.55. The first kappa shape index (κ1) is 15.9. The van der Waals surface area contributed by atoms with Gasteiger partial charge in [0.25, 0.3) is 0 Å². The molecule has 0 bridgehead atoms. The van der Waals surface area contributed by atoms with Crippen LogP contribution in [0.2, 0.25) is 0 Å². The average molecular weight is 380 g/mol. The number of hydrogen-bond acceptors (Lipinski definition) is 6. The van der Waals surface area contributed by atoms with Gasteiger partial charge in [0.1, 0.15) is 0 Å². The molecule has 6 heteroatoms. The number of nitrogens with zero attached hydrogens (tertiary/aromatic N) is 3. The number of fused-ring (bicyclic) bond motifs is 1. The zero-order valence-corrected chi connectivity index (χ0v) is 15.7. The van der Waals surface area contributed by atoms with Crippen molar-refractivity contribution in [2.24, 2.45) is 0 Å². The first-order chi connectivity index (χ1) is 12.9. The minimum absolute atomic E-state index is 0.239. The highest BCUT2D eigenvalue weighted by atomic mass is 32.1. The molecule has 130 valence electrons. The van der Waals surface area contributed by atoms with Gasteiger partial charge in [-0.2, -0.15) is 16.3 Å². The quantitative estimate of drug-likeness (QED) is 0.500. The van der Waals surface area contributed by atoms with Gasteiger partial charge in [-0.15, -0.1) is 11.3 Å². The highest BCUT2D eigenvalue weighted by molar-refractivity contribution is 7.10. The van der Waals surface area contributed by atoms with Crippen LogP contribution < -0.4 is 0 Å². The monoisotopic (exact) mass is 379 g/mol. The molecule has 4 heterocycles. The Morgan fingerprint density at radius 2 is 2.04 bits per heavy atom. The van der Waals surface area contributed by atoms with E-state index in [1.807, 2.05) is 28.2 Å². The molecule has 1 atom stereocenters. The molecule has 0 saturated heterocycles.